The van der Waals surface area contributed by atoms with Crippen LogP contribution in [0.5, 0.6) is 0 Å². The van der Waals surface area contributed by atoms with Crippen molar-refractivity contribution in [3.8, 4) is 0 Å². The second-order valence-electron chi connectivity index (χ2n) is 6.08. The van der Waals surface area contributed by atoms with Gasteiger partial charge in [-0.25, -0.2) is 9.59 Å². The maximum absolute atomic E-state index is 12.4. The van der Waals surface area contributed by atoms with E-state index < -0.39 is 18.0 Å². The molecule has 1 fully saturated rings. The minimum Gasteiger partial charge on any atom is -0.443 e. The Morgan fingerprint density at radius 2 is 1.92 bits per heavy atom. The zero-order chi connectivity index (χ0) is 18.6. The van der Waals surface area contributed by atoms with Gasteiger partial charge >= 0.3 is 12.0 Å². The lowest BCUT2D eigenvalue weighted by atomic mass is 10.0. The van der Waals surface area contributed by atoms with Crippen LogP contribution in [0.25, 0.3) is 0 Å². The Kier molecular flexibility index (Phi) is 6.25. The number of urea groups is 1. The molecule has 1 atom stereocenters. The van der Waals surface area contributed by atoms with Gasteiger partial charge in [0.05, 0.1) is 0 Å². The van der Waals surface area contributed by atoms with Crippen molar-refractivity contribution in [3.63, 3.8) is 0 Å². The van der Waals surface area contributed by atoms with Gasteiger partial charge in [0.1, 0.15) is 12.6 Å². The summed E-state index contributed by atoms with van der Waals surface area (Å²) in [5.41, 5.74) is 0.740. The Labute approximate surface area is 151 Å². The number of anilines is 1. The quantitative estimate of drug-likeness (QED) is 0.592. The smallest absolute Gasteiger partial charge is 0.330 e. The number of hydrogen-bond donors (Lipinski definition) is 1. The maximum Gasteiger partial charge on any atom is 0.330 e. The first-order valence-electron chi connectivity index (χ1n) is 8.11. The number of carbonyl (C=O) groups excluding carboxylic acids is 3. The molecule has 1 aliphatic heterocycles. The Morgan fingerprint density at radius 1 is 1.28 bits per heavy atom. The van der Waals surface area contributed by atoms with Crippen LogP contribution >= 0.6 is 11.6 Å². The molecule has 0 bridgehead atoms. The molecule has 8 heteroatoms. The fraction of sp³-hybridized carbons (Fsp3) is 0.471. The van der Waals surface area contributed by atoms with Crippen molar-refractivity contribution in [2.24, 2.45) is 5.92 Å². The normalized spacial score (nSPS) is 15.7. The van der Waals surface area contributed by atoms with Gasteiger partial charge < -0.3 is 10.1 Å². The highest BCUT2D eigenvalue weighted by Crippen LogP contribution is 2.18. The fourth-order valence-corrected chi connectivity index (χ4v) is 2.59. The standard InChI is InChI=1S/C17H22ClN3O4/c1-4-21-14(22)9-20(17(21)24)10-25-16(23)15(11(2)3)19-13-7-5-12(18)6-8-13/h5-8,11,15,19H,4,9-10H2,1-3H3. The van der Waals surface area contributed by atoms with E-state index in [2.05, 4.69) is 5.32 Å². The third kappa shape index (κ3) is 4.63. The van der Waals surface area contributed by atoms with E-state index in [4.69, 9.17) is 16.3 Å². The molecule has 1 unspecified atom stereocenters. The predicted octanol–water partition coefficient (Wildman–Crippen LogP) is 2.56. The number of nitrogens with zero attached hydrogens (tertiary/aromatic N) is 2. The number of halogens is 1. The Hall–Kier alpha value is -2.28. The Balaban J connectivity index is 1.95. The molecular formula is C17H22ClN3O4. The van der Waals surface area contributed by atoms with E-state index in [0.717, 1.165) is 10.6 Å². The van der Waals surface area contributed by atoms with Crippen molar-refractivity contribution in [2.75, 3.05) is 25.1 Å². The second-order valence-corrected chi connectivity index (χ2v) is 6.52. The fourth-order valence-electron chi connectivity index (χ4n) is 2.46. The van der Waals surface area contributed by atoms with E-state index in [1.54, 1.807) is 31.2 Å². The van der Waals surface area contributed by atoms with Gasteiger partial charge in [0, 0.05) is 17.3 Å². The molecule has 3 amide bonds. The summed E-state index contributed by atoms with van der Waals surface area (Å²) >= 11 is 5.86. The molecule has 0 radical (unpaired) electrons. The summed E-state index contributed by atoms with van der Waals surface area (Å²) in [4.78, 5) is 38.4. The SMILES string of the molecule is CCN1C(=O)CN(COC(=O)C(Nc2ccc(Cl)cc2)C(C)C)C1=O. The zero-order valence-electron chi connectivity index (χ0n) is 14.5. The van der Waals surface area contributed by atoms with Crippen molar-refractivity contribution in [3.05, 3.63) is 29.3 Å². The van der Waals surface area contributed by atoms with Crippen molar-refractivity contribution < 1.29 is 19.1 Å². The minimum atomic E-state index is -0.586. The summed E-state index contributed by atoms with van der Waals surface area (Å²) in [6.45, 7) is 5.48. The van der Waals surface area contributed by atoms with E-state index in [1.807, 2.05) is 13.8 Å². The Bertz CT molecular complexity index is 648. The summed E-state index contributed by atoms with van der Waals surface area (Å²) < 4.78 is 5.26. The average molecular weight is 368 g/mol. The molecule has 0 saturated carbocycles. The number of benzene rings is 1. The average Bonchev–Trinajstić information content (AvgIpc) is 2.85. The van der Waals surface area contributed by atoms with E-state index in [9.17, 15) is 14.4 Å². The highest BCUT2D eigenvalue weighted by molar-refractivity contribution is 6.30. The minimum absolute atomic E-state index is 0.0359. The predicted molar refractivity (Wildman–Crippen MR) is 94.1 cm³/mol. The number of likely N-dealkylation sites (N-methyl/N-ethyl adjacent to an activating group) is 1. The maximum atomic E-state index is 12.4. The van der Waals surface area contributed by atoms with Crippen molar-refractivity contribution >= 4 is 35.2 Å². The third-order valence-corrected chi connectivity index (χ3v) is 4.15. The molecule has 25 heavy (non-hydrogen) atoms. The van der Waals surface area contributed by atoms with Crippen LogP contribution in [-0.2, 0) is 14.3 Å². The van der Waals surface area contributed by atoms with Crippen LogP contribution in [0.3, 0.4) is 0 Å². The van der Waals surface area contributed by atoms with Gasteiger partial charge in [0.2, 0.25) is 5.91 Å². The van der Waals surface area contributed by atoms with Crippen LogP contribution in [0.15, 0.2) is 24.3 Å². The van der Waals surface area contributed by atoms with E-state index >= 15 is 0 Å². The highest BCUT2D eigenvalue weighted by Gasteiger charge is 2.36. The lowest BCUT2D eigenvalue weighted by Gasteiger charge is -2.23. The molecule has 1 aromatic carbocycles. The zero-order valence-corrected chi connectivity index (χ0v) is 15.2. The molecule has 2 rings (SSSR count). The molecule has 1 N–H and O–H groups in total. The van der Waals surface area contributed by atoms with Gasteiger partial charge in [0.15, 0.2) is 6.73 Å². The number of esters is 1. The van der Waals surface area contributed by atoms with Crippen LogP contribution in [-0.4, -0.2) is 53.6 Å². The number of rotatable bonds is 7. The third-order valence-electron chi connectivity index (χ3n) is 3.89. The molecule has 0 spiro atoms. The van der Waals surface area contributed by atoms with Crippen molar-refractivity contribution in [1.29, 1.82) is 0 Å². The molecule has 136 valence electrons. The van der Waals surface area contributed by atoms with Gasteiger partial charge in [-0.2, -0.15) is 0 Å². The molecular weight excluding hydrogens is 346 g/mol. The van der Waals surface area contributed by atoms with Gasteiger partial charge in [-0.3, -0.25) is 14.6 Å². The van der Waals surface area contributed by atoms with Crippen molar-refractivity contribution in [1.82, 2.24) is 9.80 Å². The van der Waals surface area contributed by atoms with Gasteiger partial charge in [-0.15, -0.1) is 0 Å². The largest absolute Gasteiger partial charge is 0.443 e. The van der Waals surface area contributed by atoms with E-state index in [-0.39, 0.29) is 25.1 Å². The Morgan fingerprint density at radius 3 is 2.44 bits per heavy atom. The van der Waals surface area contributed by atoms with Crippen LogP contribution in [0, 0.1) is 5.92 Å². The topological polar surface area (TPSA) is 79.0 Å². The molecule has 7 nitrogen and oxygen atoms in total. The summed E-state index contributed by atoms with van der Waals surface area (Å²) in [7, 11) is 0. The lowest BCUT2D eigenvalue weighted by molar-refractivity contribution is -0.149. The number of hydrogen-bond acceptors (Lipinski definition) is 5. The summed E-state index contributed by atoms with van der Waals surface area (Å²) in [5, 5.41) is 3.71. The van der Waals surface area contributed by atoms with Crippen LogP contribution in [0.2, 0.25) is 5.02 Å². The molecule has 0 aromatic heterocycles. The number of nitrogens with one attached hydrogen (secondary N) is 1. The van der Waals surface area contributed by atoms with Crippen LogP contribution in [0.1, 0.15) is 20.8 Å². The summed E-state index contributed by atoms with van der Waals surface area (Å²) in [5.74, 6) is -0.811. The van der Waals surface area contributed by atoms with E-state index in [0.29, 0.717) is 11.6 Å². The second kappa shape index (κ2) is 8.20. The number of imide groups is 1. The first-order chi connectivity index (χ1) is 11.8. The summed E-state index contributed by atoms with van der Waals surface area (Å²) in [6, 6.07) is 5.96. The summed E-state index contributed by atoms with van der Waals surface area (Å²) in [6.07, 6.45) is 0. The number of ether oxygens (including phenoxy) is 1. The molecule has 1 heterocycles. The number of amides is 3. The molecule has 0 aliphatic carbocycles. The lowest BCUT2D eigenvalue weighted by Crippen LogP contribution is -2.40. The number of carbonyl (C=O) groups is 3. The van der Waals surface area contributed by atoms with E-state index in [1.165, 1.54) is 4.90 Å². The van der Waals surface area contributed by atoms with Crippen molar-refractivity contribution in [2.45, 2.75) is 26.8 Å². The van der Waals surface area contributed by atoms with Gasteiger partial charge in [-0.05, 0) is 37.1 Å². The van der Waals surface area contributed by atoms with Gasteiger partial charge in [0.25, 0.3) is 0 Å². The van der Waals surface area contributed by atoms with Crippen LogP contribution in [0.4, 0.5) is 10.5 Å². The molecule has 1 aliphatic rings. The molecule has 1 aromatic rings. The first kappa shape index (κ1) is 19.1. The first-order valence-corrected chi connectivity index (χ1v) is 8.49. The monoisotopic (exact) mass is 367 g/mol. The van der Waals surface area contributed by atoms with Crippen LogP contribution < -0.4 is 5.32 Å². The van der Waals surface area contributed by atoms with Gasteiger partial charge in [-0.1, -0.05) is 25.4 Å². The molecule has 1 saturated heterocycles. The highest BCUT2D eigenvalue weighted by atomic mass is 35.5.